The van der Waals surface area contributed by atoms with Gasteiger partial charge in [0, 0.05) is 22.1 Å². The first-order valence-corrected chi connectivity index (χ1v) is 7.71. The van der Waals surface area contributed by atoms with Crippen molar-refractivity contribution < 1.29 is 4.79 Å². The maximum atomic E-state index is 12.2. The average Bonchev–Trinajstić information content (AvgIpc) is 2.98. The number of imidazole rings is 1. The molecule has 0 aromatic carbocycles. The Bertz CT molecular complexity index is 822. The van der Waals surface area contributed by atoms with Gasteiger partial charge in [-0.3, -0.25) is 4.79 Å². The highest BCUT2D eigenvalue weighted by Crippen LogP contribution is 2.20. The van der Waals surface area contributed by atoms with Gasteiger partial charge >= 0.3 is 0 Å². The molecule has 0 spiro atoms. The summed E-state index contributed by atoms with van der Waals surface area (Å²) in [5, 5.41) is 3.56. The largest absolute Gasteiger partial charge is 0.346 e. The minimum atomic E-state index is -0.0630. The molecule has 0 aliphatic heterocycles. The third-order valence-corrected chi connectivity index (χ3v) is 4.37. The molecule has 0 atom stereocenters. The van der Waals surface area contributed by atoms with Gasteiger partial charge in [0.15, 0.2) is 0 Å². The van der Waals surface area contributed by atoms with Crippen molar-refractivity contribution in [2.75, 3.05) is 0 Å². The second-order valence-electron chi connectivity index (χ2n) is 4.85. The number of fused-ring (bicyclic) bond motifs is 1. The summed E-state index contributed by atoms with van der Waals surface area (Å²) < 4.78 is 1.85. The van der Waals surface area contributed by atoms with Crippen molar-refractivity contribution in [3.8, 4) is 0 Å². The zero-order chi connectivity index (χ0) is 15.0. The van der Waals surface area contributed by atoms with Crippen LogP contribution in [0.5, 0.6) is 0 Å². The van der Waals surface area contributed by atoms with E-state index in [9.17, 15) is 4.79 Å². The van der Waals surface area contributed by atoms with Crippen LogP contribution >= 0.6 is 22.9 Å². The molecule has 0 radical (unpaired) electrons. The van der Waals surface area contributed by atoms with Gasteiger partial charge in [0.05, 0.1) is 22.8 Å². The van der Waals surface area contributed by atoms with Crippen LogP contribution in [0.4, 0.5) is 0 Å². The molecule has 0 saturated carbocycles. The monoisotopic (exact) mass is 319 g/mol. The summed E-state index contributed by atoms with van der Waals surface area (Å²) >= 11 is 7.57. The summed E-state index contributed by atoms with van der Waals surface area (Å²) in [6, 6.07) is 5.56. The van der Waals surface area contributed by atoms with E-state index in [2.05, 4.69) is 10.3 Å². The molecule has 3 heterocycles. The first-order valence-electron chi connectivity index (χ1n) is 6.51. The van der Waals surface area contributed by atoms with Crippen molar-refractivity contribution in [2.24, 2.45) is 0 Å². The predicted octanol–water partition coefficient (Wildman–Crippen LogP) is 3.60. The van der Waals surface area contributed by atoms with E-state index in [-0.39, 0.29) is 5.91 Å². The minimum absolute atomic E-state index is 0.0630. The van der Waals surface area contributed by atoms with Gasteiger partial charge in [-0.15, -0.1) is 11.3 Å². The molecule has 0 aliphatic carbocycles. The van der Waals surface area contributed by atoms with E-state index in [4.69, 9.17) is 11.6 Å². The Hall–Kier alpha value is -1.85. The lowest BCUT2D eigenvalue weighted by Gasteiger charge is -2.02. The molecule has 4 nitrogen and oxygen atoms in total. The molecule has 0 saturated heterocycles. The first kappa shape index (κ1) is 14.1. The topological polar surface area (TPSA) is 46.4 Å². The van der Waals surface area contributed by atoms with Gasteiger partial charge < -0.3 is 9.72 Å². The highest BCUT2D eigenvalue weighted by Gasteiger charge is 2.12. The van der Waals surface area contributed by atoms with Crippen LogP contribution in [0, 0.1) is 13.8 Å². The highest BCUT2D eigenvalue weighted by atomic mass is 35.5. The van der Waals surface area contributed by atoms with Gasteiger partial charge in [-0.05, 0) is 32.0 Å². The van der Waals surface area contributed by atoms with Gasteiger partial charge in [0.2, 0.25) is 0 Å². The molecular formula is C15H14ClN3OS. The van der Waals surface area contributed by atoms with Gasteiger partial charge in [-0.1, -0.05) is 11.6 Å². The van der Waals surface area contributed by atoms with Crippen LogP contribution in [0.1, 0.15) is 25.8 Å². The number of hydrogen-bond acceptors (Lipinski definition) is 3. The van der Waals surface area contributed by atoms with E-state index in [1.54, 1.807) is 23.6 Å². The molecule has 0 fully saturated rings. The third-order valence-electron chi connectivity index (χ3n) is 3.18. The highest BCUT2D eigenvalue weighted by molar-refractivity contribution is 7.12. The quantitative estimate of drug-likeness (QED) is 0.802. The normalized spacial score (nSPS) is 11.0. The van der Waals surface area contributed by atoms with Crippen LogP contribution in [0.25, 0.3) is 5.65 Å². The number of thiophene rings is 1. The Kier molecular flexibility index (Phi) is 3.69. The second kappa shape index (κ2) is 5.50. The molecule has 0 bridgehead atoms. The van der Waals surface area contributed by atoms with Crippen molar-refractivity contribution >= 4 is 34.5 Å². The summed E-state index contributed by atoms with van der Waals surface area (Å²) in [7, 11) is 0. The molecule has 3 aromatic heterocycles. The fraction of sp³-hybridized carbons (Fsp3) is 0.200. The number of hydrogen-bond donors (Lipinski definition) is 1. The van der Waals surface area contributed by atoms with Crippen molar-refractivity contribution in [2.45, 2.75) is 20.4 Å². The molecule has 0 aliphatic rings. The minimum Gasteiger partial charge on any atom is -0.346 e. The van der Waals surface area contributed by atoms with E-state index in [0.29, 0.717) is 11.6 Å². The maximum Gasteiger partial charge on any atom is 0.252 e. The van der Waals surface area contributed by atoms with Crippen LogP contribution in [-0.4, -0.2) is 15.3 Å². The smallest absolute Gasteiger partial charge is 0.252 e. The zero-order valence-electron chi connectivity index (χ0n) is 11.7. The predicted molar refractivity (Wildman–Crippen MR) is 85.2 cm³/mol. The number of aromatic nitrogens is 2. The van der Waals surface area contributed by atoms with Crippen molar-refractivity contribution in [3.63, 3.8) is 0 Å². The van der Waals surface area contributed by atoms with Crippen molar-refractivity contribution in [1.82, 2.24) is 14.7 Å². The lowest BCUT2D eigenvalue weighted by atomic mass is 10.2. The molecular weight excluding hydrogens is 306 g/mol. The van der Waals surface area contributed by atoms with E-state index in [1.165, 1.54) is 0 Å². The molecule has 1 amide bonds. The van der Waals surface area contributed by atoms with Gasteiger partial charge in [0.1, 0.15) is 5.65 Å². The number of amides is 1. The SMILES string of the molecule is Cc1cc(C(=O)NCc2cn3cc(Cl)ccc3n2)c(C)s1. The van der Waals surface area contributed by atoms with E-state index in [0.717, 1.165) is 26.7 Å². The molecule has 1 N–H and O–H groups in total. The lowest BCUT2D eigenvalue weighted by Crippen LogP contribution is -2.23. The number of halogens is 1. The van der Waals surface area contributed by atoms with E-state index in [1.807, 2.05) is 36.6 Å². The number of nitrogens with zero attached hydrogens (tertiary/aromatic N) is 2. The van der Waals surface area contributed by atoms with Gasteiger partial charge in [0.25, 0.3) is 5.91 Å². The number of carbonyl (C=O) groups is 1. The number of pyridine rings is 1. The third kappa shape index (κ3) is 2.94. The van der Waals surface area contributed by atoms with Crippen molar-refractivity contribution in [3.05, 3.63) is 56.6 Å². The Morgan fingerprint density at radius 1 is 1.38 bits per heavy atom. The Balaban J connectivity index is 1.74. The van der Waals surface area contributed by atoms with Gasteiger partial charge in [-0.2, -0.15) is 0 Å². The average molecular weight is 320 g/mol. The van der Waals surface area contributed by atoms with Crippen LogP contribution in [0.15, 0.2) is 30.6 Å². The molecule has 3 aromatic rings. The zero-order valence-corrected chi connectivity index (χ0v) is 13.3. The van der Waals surface area contributed by atoms with E-state index < -0.39 is 0 Å². The summed E-state index contributed by atoms with van der Waals surface area (Å²) in [6.45, 7) is 4.35. The first-order chi connectivity index (χ1) is 10.0. The number of carbonyl (C=O) groups excluding carboxylic acids is 1. The van der Waals surface area contributed by atoms with Crippen LogP contribution in [0.2, 0.25) is 5.02 Å². The summed E-state index contributed by atoms with van der Waals surface area (Å²) in [5.41, 5.74) is 2.35. The number of aryl methyl sites for hydroxylation is 2. The summed E-state index contributed by atoms with van der Waals surface area (Å²) in [5.74, 6) is -0.0630. The van der Waals surface area contributed by atoms with Crippen LogP contribution in [0.3, 0.4) is 0 Å². The maximum absolute atomic E-state index is 12.2. The fourth-order valence-corrected chi connectivity index (χ4v) is 3.31. The molecule has 21 heavy (non-hydrogen) atoms. The van der Waals surface area contributed by atoms with Gasteiger partial charge in [-0.25, -0.2) is 4.98 Å². The number of rotatable bonds is 3. The van der Waals surface area contributed by atoms with Crippen molar-refractivity contribution in [1.29, 1.82) is 0 Å². The molecule has 6 heteroatoms. The van der Waals surface area contributed by atoms with Crippen LogP contribution < -0.4 is 5.32 Å². The molecule has 0 unspecified atom stereocenters. The molecule has 3 rings (SSSR count). The molecule has 108 valence electrons. The Morgan fingerprint density at radius 3 is 2.90 bits per heavy atom. The standard InChI is InChI=1S/C15H14ClN3OS/c1-9-5-13(10(2)21-9)15(20)17-6-12-8-19-7-11(16)3-4-14(19)18-12/h3-5,7-8H,6H2,1-2H3,(H,17,20). The summed E-state index contributed by atoms with van der Waals surface area (Å²) in [6.07, 6.45) is 3.66. The van der Waals surface area contributed by atoms with Crippen LogP contribution in [-0.2, 0) is 6.54 Å². The Morgan fingerprint density at radius 2 is 2.19 bits per heavy atom. The number of nitrogens with one attached hydrogen (secondary N) is 1. The lowest BCUT2D eigenvalue weighted by molar-refractivity contribution is 0.0950. The fourth-order valence-electron chi connectivity index (χ4n) is 2.22. The summed E-state index contributed by atoms with van der Waals surface area (Å²) in [4.78, 5) is 18.8. The van der Waals surface area contributed by atoms with E-state index >= 15 is 0 Å². The second-order valence-corrected chi connectivity index (χ2v) is 6.75. The Labute approximate surface area is 131 Å².